The van der Waals surface area contributed by atoms with Crippen LogP contribution in [0.2, 0.25) is 0 Å². The van der Waals surface area contributed by atoms with Crippen LogP contribution in [0.5, 0.6) is 0 Å². The highest BCUT2D eigenvalue weighted by molar-refractivity contribution is 7.89. The molecule has 0 heterocycles. The molecule has 0 unspecified atom stereocenters. The third kappa shape index (κ3) is 4.53. The molecule has 1 aliphatic carbocycles. The third-order valence-electron chi connectivity index (χ3n) is 4.17. The van der Waals surface area contributed by atoms with Crippen molar-refractivity contribution in [1.82, 2.24) is 10.0 Å². The maximum atomic E-state index is 12.4. The van der Waals surface area contributed by atoms with E-state index >= 15 is 0 Å². The molecule has 0 aliphatic heterocycles. The van der Waals surface area contributed by atoms with Crippen LogP contribution < -0.4 is 10.0 Å². The predicted octanol–water partition coefficient (Wildman–Crippen LogP) is 2.65. The molecule has 1 saturated carbocycles. The zero-order chi connectivity index (χ0) is 15.5. The van der Waals surface area contributed by atoms with Crippen LogP contribution in [0.15, 0.2) is 29.2 Å². The molecule has 0 aromatic heterocycles. The first-order chi connectivity index (χ1) is 9.81. The average molecular weight is 310 g/mol. The molecule has 5 heteroatoms. The van der Waals surface area contributed by atoms with Crippen LogP contribution in [-0.2, 0) is 16.6 Å². The van der Waals surface area contributed by atoms with Crippen LogP contribution in [0.25, 0.3) is 0 Å². The topological polar surface area (TPSA) is 58.2 Å². The van der Waals surface area contributed by atoms with E-state index in [1.807, 2.05) is 6.07 Å². The molecule has 1 aliphatic rings. The molecule has 0 spiro atoms. The van der Waals surface area contributed by atoms with Crippen molar-refractivity contribution in [3.8, 4) is 0 Å². The molecule has 4 nitrogen and oxygen atoms in total. The van der Waals surface area contributed by atoms with Crippen LogP contribution in [0.1, 0.15) is 45.6 Å². The van der Waals surface area contributed by atoms with Gasteiger partial charge in [-0.15, -0.1) is 0 Å². The number of rotatable bonds is 7. The SMILES string of the molecule is CC(C)NCc1cccc(S(=O)(=O)NCC2(C)CCC2)c1. The Kier molecular flexibility index (Phi) is 5.07. The molecule has 21 heavy (non-hydrogen) atoms. The standard InChI is InChI=1S/C16H26N2O2S/c1-13(2)17-11-14-6-4-7-15(10-14)21(19,20)18-12-16(3)8-5-9-16/h4,6-7,10,13,17-18H,5,8-9,11-12H2,1-3H3. The van der Waals surface area contributed by atoms with E-state index < -0.39 is 10.0 Å². The van der Waals surface area contributed by atoms with Gasteiger partial charge in [0.2, 0.25) is 10.0 Å². The Morgan fingerprint density at radius 2 is 2.00 bits per heavy atom. The number of benzene rings is 1. The molecule has 1 aromatic rings. The zero-order valence-electron chi connectivity index (χ0n) is 13.1. The Balaban J connectivity index is 2.03. The van der Waals surface area contributed by atoms with Gasteiger partial charge in [-0.3, -0.25) is 0 Å². The highest BCUT2D eigenvalue weighted by Gasteiger charge is 2.33. The van der Waals surface area contributed by atoms with E-state index in [9.17, 15) is 8.42 Å². The smallest absolute Gasteiger partial charge is 0.240 e. The van der Waals surface area contributed by atoms with Crippen molar-refractivity contribution in [2.45, 2.75) is 57.5 Å². The number of sulfonamides is 1. The lowest BCUT2D eigenvalue weighted by Crippen LogP contribution is -2.39. The molecule has 2 rings (SSSR count). The summed E-state index contributed by atoms with van der Waals surface area (Å²) < 4.78 is 27.5. The monoisotopic (exact) mass is 310 g/mol. The summed E-state index contributed by atoms with van der Waals surface area (Å²) in [7, 11) is -3.41. The summed E-state index contributed by atoms with van der Waals surface area (Å²) in [6, 6.07) is 7.53. The maximum absolute atomic E-state index is 12.4. The van der Waals surface area contributed by atoms with Crippen LogP contribution in [0, 0.1) is 5.41 Å². The van der Waals surface area contributed by atoms with Gasteiger partial charge in [0.1, 0.15) is 0 Å². The summed E-state index contributed by atoms with van der Waals surface area (Å²) in [6.45, 7) is 7.49. The fourth-order valence-electron chi connectivity index (χ4n) is 2.45. The summed E-state index contributed by atoms with van der Waals surface area (Å²) in [5, 5.41) is 3.30. The van der Waals surface area contributed by atoms with Gasteiger partial charge < -0.3 is 5.32 Å². The first-order valence-corrected chi connectivity index (χ1v) is 9.11. The first kappa shape index (κ1) is 16.5. The van der Waals surface area contributed by atoms with Crippen LogP contribution in [-0.4, -0.2) is 21.0 Å². The molecule has 1 aromatic carbocycles. The fraction of sp³-hybridized carbons (Fsp3) is 0.625. The van der Waals surface area contributed by atoms with E-state index in [4.69, 9.17) is 0 Å². The minimum Gasteiger partial charge on any atom is -0.310 e. The van der Waals surface area contributed by atoms with Gasteiger partial charge in [0, 0.05) is 19.1 Å². The Morgan fingerprint density at radius 1 is 1.29 bits per heavy atom. The Morgan fingerprint density at radius 3 is 2.57 bits per heavy atom. The molecular weight excluding hydrogens is 284 g/mol. The van der Waals surface area contributed by atoms with Gasteiger partial charge in [0.15, 0.2) is 0 Å². The molecule has 0 radical (unpaired) electrons. The largest absolute Gasteiger partial charge is 0.310 e. The normalized spacial score (nSPS) is 17.7. The van der Waals surface area contributed by atoms with Crippen molar-refractivity contribution in [1.29, 1.82) is 0 Å². The third-order valence-corrected chi connectivity index (χ3v) is 5.57. The molecule has 0 amide bonds. The van der Waals surface area contributed by atoms with Gasteiger partial charge in [0.25, 0.3) is 0 Å². The van der Waals surface area contributed by atoms with E-state index in [1.54, 1.807) is 18.2 Å². The maximum Gasteiger partial charge on any atom is 0.240 e. The Hall–Kier alpha value is -0.910. The van der Waals surface area contributed by atoms with Gasteiger partial charge in [0.05, 0.1) is 4.90 Å². The van der Waals surface area contributed by atoms with Gasteiger partial charge >= 0.3 is 0 Å². The van der Waals surface area contributed by atoms with E-state index in [1.165, 1.54) is 6.42 Å². The molecule has 2 N–H and O–H groups in total. The molecule has 0 bridgehead atoms. The fourth-order valence-corrected chi connectivity index (χ4v) is 3.72. The van der Waals surface area contributed by atoms with Crippen molar-refractivity contribution < 1.29 is 8.42 Å². The van der Waals surface area contributed by atoms with Crippen molar-refractivity contribution in [2.75, 3.05) is 6.54 Å². The van der Waals surface area contributed by atoms with Gasteiger partial charge in [-0.2, -0.15) is 0 Å². The van der Waals surface area contributed by atoms with E-state index in [2.05, 4.69) is 30.8 Å². The molecule has 118 valence electrons. The Labute approximate surface area is 128 Å². The van der Waals surface area contributed by atoms with Crippen molar-refractivity contribution in [3.63, 3.8) is 0 Å². The van der Waals surface area contributed by atoms with Gasteiger partial charge in [-0.1, -0.05) is 39.3 Å². The summed E-state index contributed by atoms with van der Waals surface area (Å²) in [5.41, 5.74) is 1.13. The Bertz CT molecular complexity index is 578. The minimum atomic E-state index is -3.41. The van der Waals surface area contributed by atoms with Crippen LogP contribution in [0.3, 0.4) is 0 Å². The highest BCUT2D eigenvalue weighted by atomic mass is 32.2. The first-order valence-electron chi connectivity index (χ1n) is 7.63. The second kappa shape index (κ2) is 6.46. The van der Waals surface area contributed by atoms with Crippen LogP contribution in [0.4, 0.5) is 0 Å². The quantitative estimate of drug-likeness (QED) is 0.814. The lowest BCUT2D eigenvalue weighted by molar-refractivity contribution is 0.166. The number of hydrogen-bond acceptors (Lipinski definition) is 3. The van der Waals surface area contributed by atoms with E-state index in [0.717, 1.165) is 18.4 Å². The van der Waals surface area contributed by atoms with E-state index in [0.29, 0.717) is 24.0 Å². The van der Waals surface area contributed by atoms with Gasteiger partial charge in [-0.05, 0) is 36.0 Å². The summed E-state index contributed by atoms with van der Waals surface area (Å²) >= 11 is 0. The van der Waals surface area contributed by atoms with Crippen molar-refractivity contribution in [2.24, 2.45) is 5.41 Å². The van der Waals surface area contributed by atoms with Crippen LogP contribution >= 0.6 is 0 Å². The minimum absolute atomic E-state index is 0.143. The molecule has 0 saturated heterocycles. The van der Waals surface area contributed by atoms with Crippen molar-refractivity contribution in [3.05, 3.63) is 29.8 Å². The zero-order valence-corrected chi connectivity index (χ0v) is 14.0. The predicted molar refractivity (Wildman–Crippen MR) is 85.6 cm³/mol. The second-order valence-corrected chi connectivity index (χ2v) is 8.44. The number of hydrogen-bond donors (Lipinski definition) is 2. The summed E-state index contributed by atoms with van der Waals surface area (Å²) in [6.07, 6.45) is 3.41. The second-order valence-electron chi connectivity index (χ2n) is 6.67. The lowest BCUT2D eigenvalue weighted by Gasteiger charge is -2.38. The summed E-state index contributed by atoms with van der Waals surface area (Å²) in [4.78, 5) is 0.355. The van der Waals surface area contributed by atoms with E-state index in [-0.39, 0.29) is 5.41 Å². The molecule has 0 atom stereocenters. The van der Waals surface area contributed by atoms with Crippen molar-refractivity contribution >= 4 is 10.0 Å². The molecule has 1 fully saturated rings. The highest BCUT2D eigenvalue weighted by Crippen LogP contribution is 2.39. The summed E-state index contributed by atoms with van der Waals surface area (Å²) in [5.74, 6) is 0. The average Bonchev–Trinajstić information content (AvgIpc) is 2.41. The number of nitrogens with one attached hydrogen (secondary N) is 2. The van der Waals surface area contributed by atoms with Gasteiger partial charge in [-0.25, -0.2) is 13.1 Å². The molecular formula is C16H26N2O2S. The lowest BCUT2D eigenvalue weighted by atomic mass is 9.71.